The predicted molar refractivity (Wildman–Crippen MR) is 150 cm³/mol. The molecule has 9 heteroatoms. The lowest BCUT2D eigenvalue weighted by Gasteiger charge is -2.28. The number of carboxylic acid groups (broad SMARTS) is 1. The van der Waals surface area contributed by atoms with E-state index in [1.165, 1.54) is 16.0 Å². The minimum absolute atomic E-state index is 0.0210. The van der Waals surface area contributed by atoms with Crippen LogP contribution in [0.25, 0.3) is 0 Å². The lowest BCUT2D eigenvalue weighted by molar-refractivity contribution is -0.137. The highest BCUT2D eigenvalue weighted by molar-refractivity contribution is 7.17. The molecule has 2 atom stereocenters. The van der Waals surface area contributed by atoms with Gasteiger partial charge in [0.25, 0.3) is 0 Å². The fourth-order valence-electron chi connectivity index (χ4n) is 4.87. The fraction of sp³-hybridized carbons (Fsp3) is 0.500. The normalized spacial score (nSPS) is 18.3. The molecule has 0 saturated carbocycles. The number of aliphatic carboxylic acids is 1. The zero-order valence-corrected chi connectivity index (χ0v) is 23.0. The molecule has 0 fully saturated rings. The third-order valence-electron chi connectivity index (χ3n) is 7.08. The van der Waals surface area contributed by atoms with E-state index in [2.05, 4.69) is 65.8 Å². The second kappa shape index (κ2) is 11.9. The number of aryl methyl sites for hydroxylation is 2. The number of hydrogen-bond acceptors (Lipinski definition) is 7. The second-order valence-electron chi connectivity index (χ2n) is 9.94. The highest BCUT2D eigenvalue weighted by Crippen LogP contribution is 2.42. The van der Waals surface area contributed by atoms with E-state index in [4.69, 9.17) is 10.1 Å². The molecule has 1 unspecified atom stereocenters. The maximum Gasteiger partial charge on any atom is 0.303 e. The first kappa shape index (κ1) is 26.9. The number of amidine groups is 1. The molecule has 37 heavy (non-hydrogen) atoms. The number of carboxylic acids is 1. The molecule has 1 amide bonds. The third-order valence-corrected chi connectivity index (χ3v) is 8.28. The summed E-state index contributed by atoms with van der Waals surface area (Å²) in [5.41, 5.74) is 8.77. The summed E-state index contributed by atoms with van der Waals surface area (Å²) in [6, 6.07) is 8.12. The summed E-state index contributed by atoms with van der Waals surface area (Å²) in [5.74, 6) is 0.115. The molecule has 4 rings (SSSR count). The first-order chi connectivity index (χ1) is 17.8. The zero-order chi connectivity index (χ0) is 26.5. The molecule has 0 spiro atoms. The van der Waals surface area contributed by atoms with Crippen LogP contribution in [0, 0.1) is 20.8 Å². The summed E-state index contributed by atoms with van der Waals surface area (Å²) >= 11 is 1.75. The summed E-state index contributed by atoms with van der Waals surface area (Å²) in [6.45, 7) is 8.97. The Kier molecular flexibility index (Phi) is 8.63. The number of rotatable bonds is 11. The molecule has 1 aromatic carbocycles. The van der Waals surface area contributed by atoms with Crippen LogP contribution in [0.4, 0.5) is 5.00 Å². The number of hydrogen-bond donors (Lipinski definition) is 3. The maximum atomic E-state index is 13.0. The molecule has 3 N–H and O–H groups in total. The monoisotopic (exact) mass is 523 g/mol. The van der Waals surface area contributed by atoms with E-state index < -0.39 is 5.97 Å². The van der Waals surface area contributed by atoms with Gasteiger partial charge >= 0.3 is 5.97 Å². The number of carbonyl (C=O) groups excluding carboxylic acids is 1. The molecule has 3 heterocycles. The molecular formula is C28H37N5O3S. The SMILES string of the molecule is CC1=NNC2[C@H](CC(=O)NCCCCCCCC(=O)O)N=C(c3ccc(C)cc3)c3c(sc(C)c3C)N12. The molecule has 1 aromatic heterocycles. The van der Waals surface area contributed by atoms with Gasteiger partial charge in [-0.2, -0.15) is 5.10 Å². The van der Waals surface area contributed by atoms with Gasteiger partial charge in [0, 0.05) is 29.0 Å². The summed E-state index contributed by atoms with van der Waals surface area (Å²) in [6.07, 6.45) is 4.72. The largest absolute Gasteiger partial charge is 0.481 e. The van der Waals surface area contributed by atoms with E-state index in [0.717, 1.165) is 53.4 Å². The van der Waals surface area contributed by atoms with Crippen molar-refractivity contribution in [3.63, 3.8) is 0 Å². The van der Waals surface area contributed by atoms with Gasteiger partial charge in [0.2, 0.25) is 5.91 Å². The number of aliphatic imine (C=N–C) groups is 1. The highest BCUT2D eigenvalue weighted by atomic mass is 32.1. The number of thiophene rings is 1. The van der Waals surface area contributed by atoms with Gasteiger partial charge in [-0.25, -0.2) is 0 Å². The summed E-state index contributed by atoms with van der Waals surface area (Å²) in [4.78, 5) is 32.3. The topological polar surface area (TPSA) is 106 Å². The van der Waals surface area contributed by atoms with Crippen LogP contribution in [0.3, 0.4) is 0 Å². The Labute approximate surface area is 222 Å². The summed E-state index contributed by atoms with van der Waals surface area (Å²) in [7, 11) is 0. The van der Waals surface area contributed by atoms with Gasteiger partial charge in [-0.05, 0) is 46.1 Å². The summed E-state index contributed by atoms with van der Waals surface area (Å²) < 4.78 is 0. The number of fused-ring (bicyclic) bond motifs is 3. The van der Waals surface area contributed by atoms with E-state index in [9.17, 15) is 9.59 Å². The molecule has 0 bridgehead atoms. The Morgan fingerprint density at radius 2 is 1.76 bits per heavy atom. The Hall–Kier alpha value is -3.20. The molecule has 0 radical (unpaired) electrons. The van der Waals surface area contributed by atoms with E-state index >= 15 is 0 Å². The lowest BCUT2D eigenvalue weighted by atomic mass is 9.99. The van der Waals surface area contributed by atoms with Gasteiger partial charge in [0.1, 0.15) is 17.0 Å². The van der Waals surface area contributed by atoms with Crippen molar-refractivity contribution in [1.82, 2.24) is 10.7 Å². The van der Waals surface area contributed by atoms with Crippen molar-refractivity contribution < 1.29 is 14.7 Å². The van der Waals surface area contributed by atoms with Crippen LogP contribution in [-0.4, -0.2) is 47.3 Å². The standard InChI is InChI=1S/C28H37N5O3S/c1-17-11-13-21(14-12-17)26-25-18(2)19(3)37-28(25)33-20(4)31-32-27(33)22(30-26)16-23(34)29-15-9-7-5-6-8-10-24(35)36/h11-14,22,27,32H,5-10,15-16H2,1-4H3,(H,29,34)(H,35,36)/t22-,27?/m0/s1. The fourth-order valence-corrected chi connectivity index (χ4v) is 6.11. The van der Waals surface area contributed by atoms with Gasteiger partial charge in [-0.1, -0.05) is 49.1 Å². The molecule has 8 nitrogen and oxygen atoms in total. The average molecular weight is 524 g/mol. The predicted octanol–water partition coefficient (Wildman–Crippen LogP) is 4.89. The van der Waals surface area contributed by atoms with Crippen LogP contribution < -0.4 is 15.6 Å². The van der Waals surface area contributed by atoms with Crippen molar-refractivity contribution in [2.24, 2.45) is 10.1 Å². The second-order valence-corrected chi connectivity index (χ2v) is 11.1. The Morgan fingerprint density at radius 1 is 1.05 bits per heavy atom. The first-order valence-corrected chi connectivity index (χ1v) is 13.9. The number of nitrogens with zero attached hydrogens (tertiary/aromatic N) is 3. The molecule has 198 valence electrons. The van der Waals surface area contributed by atoms with Gasteiger partial charge in [-0.3, -0.25) is 24.9 Å². The molecule has 2 aliphatic rings. The van der Waals surface area contributed by atoms with Gasteiger partial charge < -0.3 is 10.4 Å². The molecule has 2 aliphatic heterocycles. The van der Waals surface area contributed by atoms with Gasteiger partial charge in [0.15, 0.2) is 0 Å². The zero-order valence-electron chi connectivity index (χ0n) is 22.1. The molecule has 0 saturated heterocycles. The first-order valence-electron chi connectivity index (χ1n) is 13.1. The smallest absolute Gasteiger partial charge is 0.303 e. The van der Waals surface area contributed by atoms with Crippen LogP contribution in [0.1, 0.15) is 79.0 Å². The summed E-state index contributed by atoms with van der Waals surface area (Å²) in [5, 5.41) is 17.4. The van der Waals surface area contributed by atoms with Crippen molar-refractivity contribution in [2.75, 3.05) is 11.4 Å². The highest BCUT2D eigenvalue weighted by Gasteiger charge is 2.40. The van der Waals surface area contributed by atoms with Gasteiger partial charge in [0.05, 0.1) is 18.2 Å². The van der Waals surface area contributed by atoms with Crippen LogP contribution in [-0.2, 0) is 9.59 Å². The number of nitrogens with one attached hydrogen (secondary N) is 2. The number of anilines is 1. The van der Waals surface area contributed by atoms with Crippen LogP contribution in [0.5, 0.6) is 0 Å². The van der Waals surface area contributed by atoms with E-state index in [1.807, 2.05) is 6.92 Å². The van der Waals surface area contributed by atoms with Crippen LogP contribution in [0.2, 0.25) is 0 Å². The van der Waals surface area contributed by atoms with Crippen molar-refractivity contribution in [2.45, 2.75) is 84.8 Å². The van der Waals surface area contributed by atoms with E-state index in [-0.39, 0.29) is 31.0 Å². The van der Waals surface area contributed by atoms with Crippen LogP contribution >= 0.6 is 11.3 Å². The molecular weight excluding hydrogens is 486 g/mol. The van der Waals surface area contributed by atoms with Crippen molar-refractivity contribution in [3.05, 3.63) is 51.4 Å². The quantitative estimate of drug-likeness (QED) is 0.364. The number of carbonyl (C=O) groups is 2. The lowest BCUT2D eigenvalue weighted by Crippen LogP contribution is -2.48. The molecule has 2 aromatic rings. The third kappa shape index (κ3) is 6.21. The number of amides is 1. The van der Waals surface area contributed by atoms with Crippen molar-refractivity contribution in [3.8, 4) is 0 Å². The van der Waals surface area contributed by atoms with Crippen molar-refractivity contribution >= 4 is 39.8 Å². The maximum absolute atomic E-state index is 13.0. The number of hydrazone groups is 1. The van der Waals surface area contributed by atoms with E-state index in [1.54, 1.807) is 11.3 Å². The van der Waals surface area contributed by atoms with Gasteiger partial charge in [-0.15, -0.1) is 11.3 Å². The minimum atomic E-state index is -0.741. The van der Waals surface area contributed by atoms with E-state index in [0.29, 0.717) is 13.0 Å². The Bertz CT molecular complexity index is 1200. The van der Waals surface area contributed by atoms with Crippen molar-refractivity contribution in [1.29, 1.82) is 0 Å². The Balaban J connectivity index is 1.49. The Morgan fingerprint density at radius 3 is 2.49 bits per heavy atom. The number of unbranched alkanes of at least 4 members (excludes halogenated alkanes) is 4. The average Bonchev–Trinajstić information content (AvgIpc) is 3.33. The van der Waals surface area contributed by atoms with Crippen LogP contribution in [0.15, 0.2) is 34.4 Å². The minimum Gasteiger partial charge on any atom is -0.481 e. The molecule has 0 aliphatic carbocycles. The number of benzene rings is 1.